The zero-order valence-electron chi connectivity index (χ0n) is 21.8. The Morgan fingerprint density at radius 1 is 0.947 bits per heavy atom. The third kappa shape index (κ3) is 4.42. The topological polar surface area (TPSA) is 56.1 Å². The summed E-state index contributed by atoms with van der Waals surface area (Å²) < 4.78 is 19.6. The van der Waals surface area contributed by atoms with Crippen LogP contribution in [0, 0.1) is 0 Å². The van der Waals surface area contributed by atoms with E-state index in [2.05, 4.69) is 60.4 Å². The molecular weight excluding hydrogens is 476 g/mol. The number of hydrogen-bond acceptors (Lipinski definition) is 5. The number of fused-ring (bicyclic) bond motifs is 6. The lowest BCUT2D eigenvalue weighted by Crippen LogP contribution is -2.39. The fraction of sp³-hybridized carbons (Fsp3) is 0.375. The highest BCUT2D eigenvalue weighted by atomic mass is 16.5. The molecule has 200 valence electrons. The first kappa shape index (κ1) is 26.1. The summed E-state index contributed by atoms with van der Waals surface area (Å²) in [5.41, 5.74) is 8.67. The van der Waals surface area contributed by atoms with Gasteiger partial charge in [0, 0.05) is 30.2 Å². The highest BCUT2D eigenvalue weighted by molar-refractivity contribution is 5.87. The Hall–Kier alpha value is -3.48. The van der Waals surface area contributed by atoms with Crippen molar-refractivity contribution in [2.24, 2.45) is 0 Å². The molecule has 3 heterocycles. The summed E-state index contributed by atoms with van der Waals surface area (Å²) in [5, 5.41) is 11.4. The molecule has 6 nitrogen and oxygen atoms in total. The minimum Gasteiger partial charge on any atom is -0.497 e. The highest BCUT2D eigenvalue weighted by Gasteiger charge is 2.36. The van der Waals surface area contributed by atoms with Crippen LogP contribution in [-0.4, -0.2) is 35.3 Å². The smallest absolute Gasteiger partial charge is 0.161 e. The van der Waals surface area contributed by atoms with E-state index in [1.165, 1.54) is 27.9 Å². The molecule has 0 radical (unpaired) electrons. The van der Waals surface area contributed by atoms with Crippen LogP contribution in [0.5, 0.6) is 17.2 Å². The largest absolute Gasteiger partial charge is 0.497 e. The van der Waals surface area contributed by atoms with Crippen molar-refractivity contribution in [2.45, 2.75) is 59.5 Å². The first-order valence-electron chi connectivity index (χ1n) is 13.1. The standard InChI is InChI=1S/C31H34N2O4.CH4/c1-4-20-5-7-21(8-6-20)18-37-31-13-22-11-12-32-17-29-26(15-28(32)24(22)16-30(31)36-3)25-14-23(35-2)9-10-27(25)33(29)19-34;/h5-10,13-14,16,28,34H,4,11-12,15,17-19H2,1-3H3;1H4. The first-order valence-corrected chi connectivity index (χ1v) is 13.1. The zero-order valence-corrected chi connectivity index (χ0v) is 21.8. The van der Waals surface area contributed by atoms with Gasteiger partial charge in [-0.15, -0.1) is 0 Å². The zero-order chi connectivity index (χ0) is 25.5. The number of aromatic nitrogens is 1. The van der Waals surface area contributed by atoms with Crippen LogP contribution in [0.4, 0.5) is 0 Å². The molecule has 0 aliphatic carbocycles. The van der Waals surface area contributed by atoms with Gasteiger partial charge < -0.3 is 23.9 Å². The van der Waals surface area contributed by atoms with E-state index in [9.17, 15) is 5.11 Å². The third-order valence-corrected chi connectivity index (χ3v) is 8.10. The van der Waals surface area contributed by atoms with Crippen LogP contribution in [-0.2, 0) is 39.1 Å². The van der Waals surface area contributed by atoms with Gasteiger partial charge in [0.1, 0.15) is 19.1 Å². The number of hydrogen-bond donors (Lipinski definition) is 1. The van der Waals surface area contributed by atoms with E-state index in [4.69, 9.17) is 14.2 Å². The van der Waals surface area contributed by atoms with Crippen LogP contribution in [0.2, 0.25) is 0 Å². The van der Waals surface area contributed by atoms with Crippen molar-refractivity contribution in [3.8, 4) is 17.2 Å². The number of aryl methyl sites for hydroxylation is 1. The Labute approximate surface area is 225 Å². The SMILES string of the molecule is C.CCc1ccc(COc2cc3c(cc2OC)C2Cc4c(n(CO)c5ccc(OC)cc45)CN2CC3)cc1. The van der Waals surface area contributed by atoms with Gasteiger partial charge in [-0.05, 0) is 77.4 Å². The molecule has 1 atom stereocenters. The molecule has 0 saturated carbocycles. The lowest BCUT2D eigenvalue weighted by Gasteiger charge is -2.41. The number of benzene rings is 3. The molecule has 2 aliphatic heterocycles. The molecular formula is C32H38N2O4. The summed E-state index contributed by atoms with van der Waals surface area (Å²) in [6.45, 7) is 4.44. The van der Waals surface area contributed by atoms with Crippen molar-refractivity contribution in [1.29, 1.82) is 0 Å². The molecule has 2 aliphatic rings. The molecule has 38 heavy (non-hydrogen) atoms. The molecule has 0 bridgehead atoms. The second kappa shape index (κ2) is 10.7. The average molecular weight is 515 g/mol. The quantitative estimate of drug-likeness (QED) is 0.326. The monoisotopic (exact) mass is 514 g/mol. The fourth-order valence-corrected chi connectivity index (χ4v) is 6.03. The Morgan fingerprint density at radius 2 is 1.74 bits per heavy atom. The van der Waals surface area contributed by atoms with Crippen molar-refractivity contribution in [2.75, 3.05) is 20.8 Å². The lowest BCUT2D eigenvalue weighted by atomic mass is 9.85. The number of methoxy groups -OCH3 is 2. The molecule has 1 N–H and O–H groups in total. The molecule has 0 fully saturated rings. The number of rotatable bonds is 7. The second-order valence-corrected chi connectivity index (χ2v) is 9.98. The van der Waals surface area contributed by atoms with Crippen molar-refractivity contribution < 1.29 is 19.3 Å². The molecule has 6 heteroatoms. The Morgan fingerprint density at radius 3 is 2.45 bits per heavy atom. The maximum atomic E-state index is 10.2. The highest BCUT2D eigenvalue weighted by Crippen LogP contribution is 2.45. The van der Waals surface area contributed by atoms with E-state index in [0.717, 1.165) is 66.1 Å². The van der Waals surface area contributed by atoms with E-state index in [1.54, 1.807) is 14.2 Å². The van der Waals surface area contributed by atoms with Crippen LogP contribution in [0.25, 0.3) is 10.9 Å². The van der Waals surface area contributed by atoms with Crippen molar-refractivity contribution in [3.63, 3.8) is 0 Å². The van der Waals surface area contributed by atoms with Crippen LogP contribution >= 0.6 is 0 Å². The van der Waals surface area contributed by atoms with Crippen molar-refractivity contribution in [1.82, 2.24) is 9.47 Å². The normalized spacial score (nSPS) is 16.3. The number of nitrogens with zero attached hydrogens (tertiary/aromatic N) is 2. The maximum Gasteiger partial charge on any atom is 0.161 e. The molecule has 0 saturated heterocycles. The summed E-state index contributed by atoms with van der Waals surface area (Å²) in [6.07, 6.45) is 2.87. The Balaban J connectivity index is 0.00000294. The van der Waals surface area contributed by atoms with Gasteiger partial charge in [-0.25, -0.2) is 0 Å². The molecule has 3 aromatic carbocycles. The lowest BCUT2D eigenvalue weighted by molar-refractivity contribution is 0.145. The number of ether oxygens (including phenoxy) is 3. The fourth-order valence-electron chi connectivity index (χ4n) is 6.03. The van der Waals surface area contributed by atoms with Gasteiger partial charge >= 0.3 is 0 Å². The molecule has 0 amide bonds. The van der Waals surface area contributed by atoms with Crippen LogP contribution in [0.1, 0.15) is 53.9 Å². The van der Waals surface area contributed by atoms with Crippen LogP contribution < -0.4 is 14.2 Å². The van der Waals surface area contributed by atoms with Crippen LogP contribution in [0.3, 0.4) is 0 Å². The van der Waals surface area contributed by atoms with Gasteiger partial charge in [-0.3, -0.25) is 4.90 Å². The van der Waals surface area contributed by atoms with E-state index in [1.807, 2.05) is 10.6 Å². The minimum absolute atomic E-state index is 0. The summed E-state index contributed by atoms with van der Waals surface area (Å²) in [7, 11) is 3.41. The van der Waals surface area contributed by atoms with E-state index >= 15 is 0 Å². The van der Waals surface area contributed by atoms with Crippen LogP contribution in [0.15, 0.2) is 54.6 Å². The summed E-state index contributed by atoms with van der Waals surface area (Å²) in [6, 6.07) is 19.3. The van der Waals surface area contributed by atoms with Gasteiger partial charge in [-0.2, -0.15) is 0 Å². The molecule has 0 spiro atoms. The van der Waals surface area contributed by atoms with Gasteiger partial charge in [0.05, 0.1) is 19.7 Å². The van der Waals surface area contributed by atoms with Gasteiger partial charge in [0.25, 0.3) is 0 Å². The van der Waals surface area contributed by atoms with E-state index in [-0.39, 0.29) is 20.2 Å². The van der Waals surface area contributed by atoms with Crippen molar-refractivity contribution >= 4 is 10.9 Å². The van der Waals surface area contributed by atoms with E-state index in [0.29, 0.717) is 6.61 Å². The molecule has 1 aromatic heterocycles. The number of aliphatic hydroxyl groups is 1. The predicted octanol–water partition coefficient (Wildman–Crippen LogP) is 6.04. The summed E-state index contributed by atoms with van der Waals surface area (Å²) >= 11 is 0. The molecule has 4 aromatic rings. The molecule has 1 unspecified atom stereocenters. The number of aliphatic hydroxyl groups excluding tert-OH is 1. The third-order valence-electron chi connectivity index (χ3n) is 8.10. The summed E-state index contributed by atoms with van der Waals surface area (Å²) in [5.74, 6) is 2.41. The van der Waals surface area contributed by atoms with Gasteiger partial charge in [-0.1, -0.05) is 38.6 Å². The van der Waals surface area contributed by atoms with Gasteiger partial charge in [0.2, 0.25) is 0 Å². The van der Waals surface area contributed by atoms with Gasteiger partial charge in [0.15, 0.2) is 11.5 Å². The maximum absolute atomic E-state index is 10.2. The Bertz CT molecular complexity index is 1440. The average Bonchev–Trinajstić information content (AvgIpc) is 3.26. The Kier molecular flexibility index (Phi) is 7.37. The predicted molar refractivity (Wildman–Crippen MR) is 151 cm³/mol. The second-order valence-electron chi connectivity index (χ2n) is 9.98. The molecule has 6 rings (SSSR count). The first-order chi connectivity index (χ1) is 18.1. The summed E-state index contributed by atoms with van der Waals surface area (Å²) in [4.78, 5) is 2.53. The van der Waals surface area contributed by atoms with E-state index < -0.39 is 0 Å². The van der Waals surface area contributed by atoms with Crippen molar-refractivity contribution in [3.05, 3.63) is 88.1 Å². The minimum atomic E-state index is -0.0249.